The molecule has 0 fully saturated rings. The second-order valence-corrected chi connectivity index (χ2v) is 5.98. The Kier molecular flexibility index (Phi) is 3.49. The van der Waals surface area contributed by atoms with Crippen molar-refractivity contribution in [1.82, 2.24) is 0 Å². The quantitative estimate of drug-likeness (QED) is 0.906. The molecule has 1 amide bonds. The number of hydrogen-bond acceptors (Lipinski definition) is 4. The van der Waals surface area contributed by atoms with Gasteiger partial charge in [0.25, 0.3) is 5.91 Å². The van der Waals surface area contributed by atoms with Crippen LogP contribution in [0.4, 0.5) is 5.00 Å². The lowest BCUT2D eigenvalue weighted by Crippen LogP contribution is -2.08. The van der Waals surface area contributed by atoms with Gasteiger partial charge in [0.15, 0.2) is 0 Å². The number of carbonyl (C=O) groups excluding carboxylic acids is 1. The van der Waals surface area contributed by atoms with Crippen LogP contribution in [0.1, 0.15) is 30.5 Å². The Balaban J connectivity index is 2.13. The number of aromatic carboxylic acids is 1. The molecule has 2 aromatic heterocycles. The molecule has 94 valence electrons. The van der Waals surface area contributed by atoms with Crippen LogP contribution in [0, 0.1) is 13.8 Å². The first-order valence-electron chi connectivity index (χ1n) is 5.17. The van der Waals surface area contributed by atoms with Crippen molar-refractivity contribution in [2.24, 2.45) is 0 Å². The second kappa shape index (κ2) is 4.91. The van der Waals surface area contributed by atoms with Crippen molar-refractivity contribution in [3.05, 3.63) is 38.4 Å². The molecule has 0 atom stereocenters. The predicted molar refractivity (Wildman–Crippen MR) is 73.0 cm³/mol. The fraction of sp³-hybridized carbons (Fsp3) is 0.167. The highest BCUT2D eigenvalue weighted by molar-refractivity contribution is 7.15. The molecule has 0 aliphatic carbocycles. The van der Waals surface area contributed by atoms with Crippen molar-refractivity contribution in [2.45, 2.75) is 13.8 Å². The minimum absolute atomic E-state index is 0.189. The molecule has 2 heterocycles. The molecule has 2 N–H and O–H groups in total. The third-order valence-electron chi connectivity index (χ3n) is 2.47. The third kappa shape index (κ3) is 2.60. The maximum Gasteiger partial charge on any atom is 0.336 e. The van der Waals surface area contributed by atoms with E-state index in [9.17, 15) is 9.59 Å². The van der Waals surface area contributed by atoms with E-state index in [1.165, 1.54) is 34.1 Å². The number of thiophene rings is 2. The second-order valence-electron chi connectivity index (χ2n) is 3.81. The minimum Gasteiger partial charge on any atom is -0.478 e. The summed E-state index contributed by atoms with van der Waals surface area (Å²) in [5.41, 5.74) is 1.27. The van der Waals surface area contributed by atoms with Gasteiger partial charge < -0.3 is 10.4 Å². The molecule has 0 spiro atoms. The Morgan fingerprint density at radius 2 is 2.00 bits per heavy atom. The van der Waals surface area contributed by atoms with Gasteiger partial charge in [0, 0.05) is 10.3 Å². The third-order valence-corrected chi connectivity index (χ3v) is 4.47. The number of rotatable bonds is 3. The Bertz CT molecular complexity index is 593. The van der Waals surface area contributed by atoms with E-state index < -0.39 is 5.97 Å². The number of amides is 1. The highest BCUT2D eigenvalue weighted by Gasteiger charge is 2.13. The van der Waals surface area contributed by atoms with Crippen molar-refractivity contribution in [3.63, 3.8) is 0 Å². The molecule has 0 aliphatic heterocycles. The van der Waals surface area contributed by atoms with E-state index >= 15 is 0 Å². The van der Waals surface area contributed by atoms with Gasteiger partial charge in [-0.15, -0.1) is 22.7 Å². The molecular formula is C12H11NO3S2. The Morgan fingerprint density at radius 3 is 2.50 bits per heavy atom. The summed E-state index contributed by atoms with van der Waals surface area (Å²) in [5.74, 6) is -1.19. The first-order chi connectivity index (χ1) is 8.47. The van der Waals surface area contributed by atoms with Gasteiger partial charge in [-0.1, -0.05) is 0 Å². The number of hydrogen-bond donors (Lipinski definition) is 2. The lowest BCUT2D eigenvalue weighted by atomic mass is 10.3. The summed E-state index contributed by atoms with van der Waals surface area (Å²) in [7, 11) is 0. The smallest absolute Gasteiger partial charge is 0.336 e. The van der Waals surface area contributed by atoms with Crippen LogP contribution in [0.25, 0.3) is 0 Å². The molecule has 2 aromatic rings. The van der Waals surface area contributed by atoms with Crippen LogP contribution in [-0.2, 0) is 0 Å². The standard InChI is InChI=1S/C12H11NO3S2/c1-6-3-9(18-7(6)2)11(14)13-10-4-8(5-17-10)12(15)16/h3-5H,1-2H3,(H,13,14)(H,15,16). The van der Waals surface area contributed by atoms with Gasteiger partial charge >= 0.3 is 5.97 Å². The first kappa shape index (κ1) is 12.8. The van der Waals surface area contributed by atoms with Crippen LogP contribution in [0.2, 0.25) is 0 Å². The fourth-order valence-corrected chi connectivity index (χ4v) is 3.07. The molecule has 0 aliphatic rings. The van der Waals surface area contributed by atoms with Gasteiger partial charge in [0.1, 0.15) is 0 Å². The fourth-order valence-electron chi connectivity index (χ4n) is 1.37. The Hall–Kier alpha value is -1.66. The molecule has 2 rings (SSSR count). The number of carboxylic acid groups (broad SMARTS) is 1. The van der Waals surface area contributed by atoms with Crippen LogP contribution >= 0.6 is 22.7 Å². The van der Waals surface area contributed by atoms with E-state index in [4.69, 9.17) is 5.11 Å². The van der Waals surface area contributed by atoms with Crippen LogP contribution in [0.3, 0.4) is 0 Å². The summed E-state index contributed by atoms with van der Waals surface area (Å²) in [6.45, 7) is 3.92. The number of aryl methyl sites for hydroxylation is 2. The number of anilines is 1. The summed E-state index contributed by atoms with van der Waals surface area (Å²) in [6.07, 6.45) is 0. The van der Waals surface area contributed by atoms with Crippen LogP contribution < -0.4 is 5.32 Å². The summed E-state index contributed by atoms with van der Waals surface area (Å²) in [5, 5.41) is 13.5. The van der Waals surface area contributed by atoms with Gasteiger partial charge in [0.2, 0.25) is 0 Å². The number of carbonyl (C=O) groups is 2. The summed E-state index contributed by atoms with van der Waals surface area (Å²) in [6, 6.07) is 3.29. The molecule has 0 unspecified atom stereocenters. The number of nitrogens with one attached hydrogen (secondary N) is 1. The molecule has 18 heavy (non-hydrogen) atoms. The Labute approximate surface area is 112 Å². The molecule has 0 saturated heterocycles. The van der Waals surface area contributed by atoms with Crippen molar-refractivity contribution in [2.75, 3.05) is 5.32 Å². The zero-order chi connectivity index (χ0) is 13.3. The minimum atomic E-state index is -0.991. The average molecular weight is 281 g/mol. The highest BCUT2D eigenvalue weighted by atomic mass is 32.1. The molecule has 6 heteroatoms. The lowest BCUT2D eigenvalue weighted by molar-refractivity contribution is 0.0697. The zero-order valence-corrected chi connectivity index (χ0v) is 11.4. The molecule has 0 bridgehead atoms. The Morgan fingerprint density at radius 1 is 1.28 bits per heavy atom. The molecule has 0 saturated carbocycles. The monoisotopic (exact) mass is 281 g/mol. The van der Waals surface area contributed by atoms with Gasteiger partial charge in [0.05, 0.1) is 15.4 Å². The van der Waals surface area contributed by atoms with Crippen LogP contribution in [-0.4, -0.2) is 17.0 Å². The summed E-state index contributed by atoms with van der Waals surface area (Å²) < 4.78 is 0. The van der Waals surface area contributed by atoms with E-state index in [0.29, 0.717) is 9.88 Å². The van der Waals surface area contributed by atoms with Crippen molar-refractivity contribution in [1.29, 1.82) is 0 Å². The van der Waals surface area contributed by atoms with Crippen molar-refractivity contribution in [3.8, 4) is 0 Å². The summed E-state index contributed by atoms with van der Waals surface area (Å²) in [4.78, 5) is 24.4. The summed E-state index contributed by atoms with van der Waals surface area (Å²) >= 11 is 2.63. The van der Waals surface area contributed by atoms with E-state index in [0.717, 1.165) is 10.4 Å². The van der Waals surface area contributed by atoms with Crippen LogP contribution in [0.5, 0.6) is 0 Å². The molecule has 4 nitrogen and oxygen atoms in total. The molecule has 0 radical (unpaired) electrons. The molecule has 0 aromatic carbocycles. The zero-order valence-electron chi connectivity index (χ0n) is 9.81. The van der Waals surface area contributed by atoms with Crippen LogP contribution in [0.15, 0.2) is 17.5 Å². The predicted octanol–water partition coefficient (Wildman–Crippen LogP) is 3.38. The van der Waals surface area contributed by atoms with E-state index in [-0.39, 0.29) is 11.5 Å². The largest absolute Gasteiger partial charge is 0.478 e. The van der Waals surface area contributed by atoms with Crippen molar-refractivity contribution < 1.29 is 14.7 Å². The van der Waals surface area contributed by atoms with E-state index in [1.54, 1.807) is 0 Å². The topological polar surface area (TPSA) is 66.4 Å². The maximum absolute atomic E-state index is 11.9. The van der Waals surface area contributed by atoms with Gasteiger partial charge in [-0.2, -0.15) is 0 Å². The first-order valence-corrected chi connectivity index (χ1v) is 6.87. The number of carboxylic acids is 1. The molecular weight excluding hydrogens is 270 g/mol. The van der Waals surface area contributed by atoms with Gasteiger partial charge in [-0.3, -0.25) is 4.79 Å². The van der Waals surface area contributed by atoms with E-state index in [1.807, 2.05) is 19.9 Å². The van der Waals surface area contributed by atoms with Crippen molar-refractivity contribution >= 4 is 39.6 Å². The normalized spacial score (nSPS) is 10.3. The van der Waals surface area contributed by atoms with Gasteiger partial charge in [-0.05, 0) is 31.5 Å². The SMILES string of the molecule is Cc1cc(C(=O)Nc2cc(C(=O)O)cs2)sc1C. The maximum atomic E-state index is 11.9. The lowest BCUT2D eigenvalue weighted by Gasteiger charge is -1.98. The average Bonchev–Trinajstić information content (AvgIpc) is 2.87. The van der Waals surface area contributed by atoms with Gasteiger partial charge in [-0.25, -0.2) is 4.79 Å². The van der Waals surface area contributed by atoms with E-state index in [2.05, 4.69) is 5.32 Å². The highest BCUT2D eigenvalue weighted by Crippen LogP contribution is 2.24.